The molecule has 4 heteroatoms. The van der Waals surface area contributed by atoms with E-state index in [1.54, 1.807) is 6.08 Å². The number of ether oxygens (including phenoxy) is 1. The van der Waals surface area contributed by atoms with Crippen molar-refractivity contribution in [3.63, 3.8) is 0 Å². The first-order valence-electron chi connectivity index (χ1n) is 6.51. The predicted molar refractivity (Wildman–Crippen MR) is 75.0 cm³/mol. The molecule has 0 spiro atoms. The fourth-order valence-electron chi connectivity index (χ4n) is 1.48. The molecule has 0 saturated heterocycles. The number of nitrogens with one attached hydrogen (secondary N) is 1. The van der Waals surface area contributed by atoms with E-state index in [0.29, 0.717) is 24.9 Å². The molecule has 1 aromatic rings. The lowest BCUT2D eigenvalue weighted by molar-refractivity contribution is 0.303. The molecule has 0 aliphatic heterocycles. The first-order chi connectivity index (χ1) is 8.65. The molecule has 0 aromatic carbocycles. The summed E-state index contributed by atoms with van der Waals surface area (Å²) in [7, 11) is 0. The van der Waals surface area contributed by atoms with E-state index in [1.165, 1.54) is 0 Å². The van der Waals surface area contributed by atoms with E-state index in [4.69, 9.17) is 4.74 Å². The van der Waals surface area contributed by atoms with E-state index in [9.17, 15) is 0 Å². The maximum atomic E-state index is 5.58. The van der Waals surface area contributed by atoms with Crippen LogP contribution in [0.4, 0.5) is 5.82 Å². The van der Waals surface area contributed by atoms with Crippen LogP contribution in [0.1, 0.15) is 33.0 Å². The fourth-order valence-corrected chi connectivity index (χ4v) is 1.48. The van der Waals surface area contributed by atoms with Gasteiger partial charge >= 0.3 is 0 Å². The quantitative estimate of drug-likeness (QED) is 0.719. The minimum atomic E-state index is 0.527. The third-order valence-corrected chi connectivity index (χ3v) is 2.22. The molecule has 0 radical (unpaired) electrons. The van der Waals surface area contributed by atoms with E-state index < -0.39 is 0 Å². The summed E-state index contributed by atoms with van der Waals surface area (Å²) >= 11 is 0. The van der Waals surface area contributed by atoms with Crippen LogP contribution in [0.2, 0.25) is 0 Å². The average Bonchev–Trinajstić information content (AvgIpc) is 2.33. The molecule has 0 fully saturated rings. The van der Waals surface area contributed by atoms with Crippen molar-refractivity contribution in [2.75, 3.05) is 18.5 Å². The van der Waals surface area contributed by atoms with Gasteiger partial charge in [0.25, 0.3) is 0 Å². The number of hydrogen-bond donors (Lipinski definition) is 1. The maximum absolute atomic E-state index is 5.58. The summed E-state index contributed by atoms with van der Waals surface area (Å²) in [5.41, 5.74) is 0. The molecule has 0 bridgehead atoms. The highest BCUT2D eigenvalue weighted by molar-refractivity contribution is 5.39. The molecule has 1 rings (SSSR count). The Hall–Kier alpha value is -1.58. The highest BCUT2D eigenvalue weighted by Crippen LogP contribution is 2.15. The van der Waals surface area contributed by atoms with Crippen molar-refractivity contribution < 1.29 is 4.74 Å². The van der Waals surface area contributed by atoms with Crippen molar-refractivity contribution in [2.45, 2.75) is 33.6 Å². The van der Waals surface area contributed by atoms with Gasteiger partial charge in [-0.05, 0) is 12.3 Å². The summed E-state index contributed by atoms with van der Waals surface area (Å²) in [5, 5.41) is 3.18. The number of aromatic nitrogens is 2. The minimum Gasteiger partial charge on any atom is -0.478 e. The molecule has 0 amide bonds. The van der Waals surface area contributed by atoms with Gasteiger partial charge in [-0.15, -0.1) is 6.58 Å². The zero-order valence-corrected chi connectivity index (χ0v) is 11.6. The van der Waals surface area contributed by atoms with E-state index in [-0.39, 0.29) is 0 Å². The second-order valence-electron chi connectivity index (χ2n) is 4.62. The van der Waals surface area contributed by atoms with E-state index in [1.807, 2.05) is 6.07 Å². The molecular weight excluding hydrogens is 226 g/mol. The summed E-state index contributed by atoms with van der Waals surface area (Å²) in [6.07, 6.45) is 3.63. The normalized spacial score (nSPS) is 10.4. The van der Waals surface area contributed by atoms with Crippen molar-refractivity contribution in [1.82, 2.24) is 9.97 Å². The summed E-state index contributed by atoms with van der Waals surface area (Å²) < 4.78 is 5.58. The number of nitrogens with zero attached hydrogens (tertiary/aromatic N) is 2. The third-order valence-electron chi connectivity index (χ3n) is 2.22. The van der Waals surface area contributed by atoms with Crippen LogP contribution in [0.3, 0.4) is 0 Å². The van der Waals surface area contributed by atoms with Gasteiger partial charge in [0.05, 0.1) is 6.61 Å². The van der Waals surface area contributed by atoms with Gasteiger partial charge in [-0.25, -0.2) is 4.98 Å². The van der Waals surface area contributed by atoms with Crippen LogP contribution >= 0.6 is 0 Å². The molecule has 0 saturated carbocycles. The standard InChI is InChI=1S/C14H23N3O/c1-5-7-15-12-10-14(18-8-6-2)17-13(16-12)9-11(3)4/h5,10-11H,1,6-9H2,2-4H3,(H,15,16,17). The zero-order valence-electron chi connectivity index (χ0n) is 11.6. The molecule has 0 atom stereocenters. The Morgan fingerprint density at radius 2 is 2.22 bits per heavy atom. The first-order valence-corrected chi connectivity index (χ1v) is 6.51. The largest absolute Gasteiger partial charge is 0.478 e. The Labute approximate surface area is 109 Å². The average molecular weight is 249 g/mol. The van der Waals surface area contributed by atoms with Crippen molar-refractivity contribution in [3.05, 3.63) is 24.5 Å². The van der Waals surface area contributed by atoms with E-state index >= 15 is 0 Å². The Morgan fingerprint density at radius 1 is 1.44 bits per heavy atom. The van der Waals surface area contributed by atoms with Crippen LogP contribution in [-0.4, -0.2) is 23.1 Å². The zero-order chi connectivity index (χ0) is 13.4. The van der Waals surface area contributed by atoms with Crippen LogP contribution in [0.5, 0.6) is 5.88 Å². The van der Waals surface area contributed by atoms with Crippen LogP contribution in [-0.2, 0) is 6.42 Å². The number of hydrogen-bond acceptors (Lipinski definition) is 4. The predicted octanol–water partition coefficient (Wildman–Crippen LogP) is 3.06. The van der Waals surface area contributed by atoms with Gasteiger partial charge in [0, 0.05) is 19.0 Å². The molecule has 4 nitrogen and oxygen atoms in total. The lowest BCUT2D eigenvalue weighted by atomic mass is 10.1. The maximum Gasteiger partial charge on any atom is 0.218 e. The van der Waals surface area contributed by atoms with Crippen LogP contribution in [0.25, 0.3) is 0 Å². The molecule has 1 heterocycles. The van der Waals surface area contributed by atoms with Gasteiger partial charge in [0.1, 0.15) is 11.6 Å². The molecule has 100 valence electrons. The smallest absolute Gasteiger partial charge is 0.218 e. The number of anilines is 1. The second-order valence-corrected chi connectivity index (χ2v) is 4.62. The summed E-state index contributed by atoms with van der Waals surface area (Å²) in [6.45, 7) is 11.4. The van der Waals surface area contributed by atoms with E-state index in [2.05, 4.69) is 42.6 Å². The van der Waals surface area contributed by atoms with Crippen molar-refractivity contribution in [3.8, 4) is 5.88 Å². The molecule has 0 aliphatic rings. The van der Waals surface area contributed by atoms with Gasteiger partial charge in [-0.1, -0.05) is 26.8 Å². The van der Waals surface area contributed by atoms with Crippen molar-refractivity contribution in [1.29, 1.82) is 0 Å². The van der Waals surface area contributed by atoms with Crippen LogP contribution in [0, 0.1) is 5.92 Å². The third kappa shape index (κ3) is 5.17. The topological polar surface area (TPSA) is 47.0 Å². The lowest BCUT2D eigenvalue weighted by Gasteiger charge is -2.10. The van der Waals surface area contributed by atoms with Crippen molar-refractivity contribution >= 4 is 5.82 Å². The highest BCUT2D eigenvalue weighted by Gasteiger charge is 2.07. The first kappa shape index (κ1) is 14.5. The Kier molecular flexibility index (Phi) is 6.19. The van der Waals surface area contributed by atoms with Gasteiger partial charge in [-0.2, -0.15) is 4.98 Å². The molecule has 18 heavy (non-hydrogen) atoms. The van der Waals surface area contributed by atoms with Crippen LogP contribution in [0.15, 0.2) is 18.7 Å². The monoisotopic (exact) mass is 249 g/mol. The van der Waals surface area contributed by atoms with Crippen LogP contribution < -0.4 is 10.1 Å². The molecule has 1 aromatic heterocycles. The lowest BCUT2D eigenvalue weighted by Crippen LogP contribution is -2.08. The molecule has 1 N–H and O–H groups in total. The molecule has 0 unspecified atom stereocenters. The minimum absolute atomic E-state index is 0.527. The van der Waals surface area contributed by atoms with Gasteiger partial charge in [-0.3, -0.25) is 0 Å². The Morgan fingerprint density at radius 3 is 2.83 bits per heavy atom. The summed E-state index contributed by atoms with van der Waals surface area (Å²) in [4.78, 5) is 8.89. The van der Waals surface area contributed by atoms with Gasteiger partial charge < -0.3 is 10.1 Å². The molecular formula is C14H23N3O. The van der Waals surface area contributed by atoms with Gasteiger partial charge in [0.15, 0.2) is 0 Å². The highest BCUT2D eigenvalue weighted by atomic mass is 16.5. The number of rotatable bonds is 8. The van der Waals surface area contributed by atoms with E-state index in [0.717, 1.165) is 24.5 Å². The SMILES string of the molecule is C=CCNc1cc(OCCC)nc(CC(C)C)n1. The summed E-state index contributed by atoms with van der Waals surface area (Å²) in [5.74, 6) is 2.80. The fraction of sp³-hybridized carbons (Fsp3) is 0.571. The second kappa shape index (κ2) is 7.69. The van der Waals surface area contributed by atoms with Gasteiger partial charge in [0.2, 0.25) is 5.88 Å². The summed E-state index contributed by atoms with van der Waals surface area (Å²) in [6, 6.07) is 1.84. The Bertz CT molecular complexity index is 377. The Balaban J connectivity index is 2.84. The molecule has 0 aliphatic carbocycles. The van der Waals surface area contributed by atoms with Crippen molar-refractivity contribution in [2.24, 2.45) is 5.92 Å².